The van der Waals surface area contributed by atoms with E-state index < -0.39 is 0 Å². The first-order valence-corrected chi connectivity index (χ1v) is 10.7. The van der Waals surface area contributed by atoms with Crippen molar-refractivity contribution >= 4 is 5.91 Å². The van der Waals surface area contributed by atoms with E-state index in [0.29, 0.717) is 18.0 Å². The van der Waals surface area contributed by atoms with E-state index in [1.807, 2.05) is 6.33 Å². The van der Waals surface area contributed by atoms with Crippen LogP contribution < -0.4 is 0 Å². The maximum Gasteiger partial charge on any atom is 0.246 e. The van der Waals surface area contributed by atoms with Crippen LogP contribution in [0.25, 0.3) is 0 Å². The highest BCUT2D eigenvalue weighted by Gasteiger charge is 2.41. The summed E-state index contributed by atoms with van der Waals surface area (Å²) in [7, 11) is 4.29. The minimum absolute atomic E-state index is 0.143. The van der Waals surface area contributed by atoms with E-state index in [1.165, 1.54) is 12.8 Å². The molecule has 1 atom stereocenters. The first-order chi connectivity index (χ1) is 13.0. The molecule has 1 amide bonds. The summed E-state index contributed by atoms with van der Waals surface area (Å²) in [6.45, 7) is 8.15. The van der Waals surface area contributed by atoms with Crippen LogP contribution in [0.3, 0.4) is 0 Å². The number of hydrogen-bond acceptors (Lipinski definition) is 4. The Kier molecular flexibility index (Phi) is 5.30. The lowest BCUT2D eigenvalue weighted by Crippen LogP contribution is -2.51. The van der Waals surface area contributed by atoms with Gasteiger partial charge in [0.15, 0.2) is 0 Å². The summed E-state index contributed by atoms with van der Waals surface area (Å²) in [5.41, 5.74) is 2.30. The van der Waals surface area contributed by atoms with Crippen molar-refractivity contribution in [2.24, 2.45) is 5.92 Å². The van der Waals surface area contributed by atoms with Gasteiger partial charge in [0, 0.05) is 44.7 Å². The average molecular weight is 374 g/mol. The number of rotatable bonds is 5. The second-order valence-corrected chi connectivity index (χ2v) is 9.19. The number of nitrogens with zero attached hydrogens (tertiary/aromatic N) is 5. The predicted octanol–water partition coefficient (Wildman–Crippen LogP) is 2.33. The number of hydrogen-bond donors (Lipinski definition) is 0. The Morgan fingerprint density at radius 3 is 2.48 bits per heavy atom. The number of imidazole rings is 1. The summed E-state index contributed by atoms with van der Waals surface area (Å²) >= 11 is 0. The van der Waals surface area contributed by atoms with Crippen molar-refractivity contribution < 1.29 is 4.79 Å². The van der Waals surface area contributed by atoms with E-state index in [-0.39, 0.29) is 6.04 Å². The van der Waals surface area contributed by atoms with Crippen LogP contribution in [0.1, 0.15) is 63.0 Å². The molecule has 3 heterocycles. The van der Waals surface area contributed by atoms with Crippen molar-refractivity contribution in [3.05, 3.63) is 17.7 Å². The average Bonchev–Trinajstić information content (AvgIpc) is 3.36. The van der Waals surface area contributed by atoms with Crippen molar-refractivity contribution in [1.82, 2.24) is 24.3 Å². The predicted molar refractivity (Wildman–Crippen MR) is 107 cm³/mol. The largest absolute Gasteiger partial charge is 0.341 e. The van der Waals surface area contributed by atoms with Gasteiger partial charge in [-0.1, -0.05) is 0 Å². The standard InChI is InChI=1S/C21H35N5O/c1-15(2)26-14-22-18-9-12-25(13-16-5-6-16)20(19(18)26)21(27)24-10-7-17(8-11-24)23(3)4/h14-17,20H,5-13H2,1-4H3. The SMILES string of the molecule is CC(C)n1cnc2c1C(C(=O)N1CCC(N(C)C)CC1)N(CC1CC1)CC2. The molecule has 1 aliphatic carbocycles. The molecule has 0 bridgehead atoms. The molecule has 6 nitrogen and oxygen atoms in total. The molecule has 6 heteroatoms. The number of carbonyl (C=O) groups excluding carboxylic acids is 1. The van der Waals surface area contributed by atoms with E-state index >= 15 is 0 Å². The summed E-state index contributed by atoms with van der Waals surface area (Å²) in [5.74, 6) is 1.09. The highest BCUT2D eigenvalue weighted by atomic mass is 16.2. The highest BCUT2D eigenvalue weighted by Crippen LogP contribution is 2.38. The molecule has 1 saturated carbocycles. The molecule has 4 rings (SSSR count). The quantitative estimate of drug-likeness (QED) is 0.795. The monoisotopic (exact) mass is 373 g/mol. The number of carbonyl (C=O) groups is 1. The zero-order valence-corrected chi connectivity index (χ0v) is 17.4. The van der Waals surface area contributed by atoms with Crippen molar-refractivity contribution in [1.29, 1.82) is 0 Å². The summed E-state index contributed by atoms with van der Waals surface area (Å²) in [5, 5.41) is 0. The van der Waals surface area contributed by atoms with Crippen LogP contribution in [-0.4, -0.2) is 76.5 Å². The summed E-state index contributed by atoms with van der Waals surface area (Å²) in [6, 6.07) is 0.784. The van der Waals surface area contributed by atoms with Crippen molar-refractivity contribution in [2.75, 3.05) is 40.3 Å². The molecule has 0 radical (unpaired) electrons. The molecule has 150 valence electrons. The Morgan fingerprint density at radius 2 is 1.89 bits per heavy atom. The summed E-state index contributed by atoms with van der Waals surface area (Å²) < 4.78 is 2.24. The molecule has 3 aliphatic rings. The van der Waals surface area contributed by atoms with E-state index in [0.717, 1.165) is 62.7 Å². The third-order valence-electron chi connectivity index (χ3n) is 6.66. The molecule has 1 unspecified atom stereocenters. The normalized spacial score (nSPS) is 24.7. The van der Waals surface area contributed by atoms with Crippen LogP contribution in [0.5, 0.6) is 0 Å². The van der Waals surface area contributed by atoms with Gasteiger partial charge in [0.2, 0.25) is 5.91 Å². The Morgan fingerprint density at radius 1 is 1.19 bits per heavy atom. The van der Waals surface area contributed by atoms with Crippen LogP contribution in [0.4, 0.5) is 0 Å². The van der Waals surface area contributed by atoms with E-state index in [2.05, 4.69) is 52.2 Å². The molecular formula is C21H35N5O. The summed E-state index contributed by atoms with van der Waals surface area (Å²) in [6.07, 6.45) is 7.71. The second-order valence-electron chi connectivity index (χ2n) is 9.19. The molecule has 2 fully saturated rings. The number of likely N-dealkylation sites (tertiary alicyclic amines) is 1. The van der Waals surface area contributed by atoms with E-state index in [1.54, 1.807) is 0 Å². The number of piperidine rings is 1. The van der Waals surface area contributed by atoms with Crippen LogP contribution in [0, 0.1) is 5.92 Å². The highest BCUT2D eigenvalue weighted by molar-refractivity contribution is 5.83. The van der Waals surface area contributed by atoms with Gasteiger partial charge in [0.1, 0.15) is 6.04 Å². The fraction of sp³-hybridized carbons (Fsp3) is 0.810. The van der Waals surface area contributed by atoms with E-state index in [9.17, 15) is 4.79 Å². The molecule has 27 heavy (non-hydrogen) atoms. The number of aromatic nitrogens is 2. The Labute approximate surface area is 163 Å². The number of amides is 1. The fourth-order valence-electron chi connectivity index (χ4n) is 4.74. The van der Waals surface area contributed by atoms with Gasteiger partial charge >= 0.3 is 0 Å². The maximum absolute atomic E-state index is 13.7. The zero-order valence-electron chi connectivity index (χ0n) is 17.4. The lowest BCUT2D eigenvalue weighted by atomic mass is 9.97. The van der Waals surface area contributed by atoms with Crippen molar-refractivity contribution in [3.8, 4) is 0 Å². The maximum atomic E-state index is 13.7. The minimum Gasteiger partial charge on any atom is -0.341 e. The third kappa shape index (κ3) is 3.79. The molecule has 0 aromatic carbocycles. The molecule has 2 aliphatic heterocycles. The van der Waals surface area contributed by atoms with Crippen molar-refractivity contribution in [2.45, 2.75) is 64.1 Å². The topological polar surface area (TPSA) is 44.6 Å². The van der Waals surface area contributed by atoms with Gasteiger partial charge in [0.05, 0.1) is 17.7 Å². The lowest BCUT2D eigenvalue weighted by molar-refractivity contribution is -0.139. The fourth-order valence-corrected chi connectivity index (χ4v) is 4.74. The van der Waals surface area contributed by atoms with Gasteiger partial charge in [-0.15, -0.1) is 0 Å². The first kappa shape index (κ1) is 18.9. The lowest BCUT2D eigenvalue weighted by Gasteiger charge is -2.41. The van der Waals surface area contributed by atoms with Crippen molar-refractivity contribution in [3.63, 3.8) is 0 Å². The molecular weight excluding hydrogens is 338 g/mol. The van der Waals surface area contributed by atoms with Gasteiger partial charge < -0.3 is 14.4 Å². The first-order valence-electron chi connectivity index (χ1n) is 10.7. The van der Waals surface area contributed by atoms with Crippen LogP contribution in [0.2, 0.25) is 0 Å². The Hall–Kier alpha value is -1.40. The summed E-state index contributed by atoms with van der Waals surface area (Å²) in [4.78, 5) is 25.3. The molecule has 0 N–H and O–H groups in total. The third-order valence-corrected chi connectivity index (χ3v) is 6.66. The van der Waals surface area contributed by atoms with E-state index in [4.69, 9.17) is 0 Å². The van der Waals surface area contributed by atoms with Crippen LogP contribution in [0.15, 0.2) is 6.33 Å². The van der Waals surface area contributed by atoms with Gasteiger partial charge in [0.25, 0.3) is 0 Å². The number of fused-ring (bicyclic) bond motifs is 1. The second kappa shape index (κ2) is 7.55. The molecule has 1 saturated heterocycles. The van der Waals surface area contributed by atoms with Gasteiger partial charge in [-0.2, -0.15) is 0 Å². The molecule has 1 aromatic rings. The Balaban J connectivity index is 1.59. The van der Waals surface area contributed by atoms with Gasteiger partial charge in [-0.25, -0.2) is 4.98 Å². The smallest absolute Gasteiger partial charge is 0.246 e. The molecule has 0 spiro atoms. The van der Waals surface area contributed by atoms with Crippen LogP contribution in [-0.2, 0) is 11.2 Å². The zero-order chi connectivity index (χ0) is 19.1. The Bertz CT molecular complexity index is 670. The van der Waals surface area contributed by atoms with Crippen LogP contribution >= 0.6 is 0 Å². The minimum atomic E-state index is -0.143. The van der Waals surface area contributed by atoms with Gasteiger partial charge in [-0.3, -0.25) is 9.69 Å². The molecule has 1 aromatic heterocycles. The van der Waals surface area contributed by atoms with Gasteiger partial charge in [-0.05, 0) is 59.5 Å².